The van der Waals surface area contributed by atoms with Crippen molar-refractivity contribution in [3.05, 3.63) is 18.3 Å². The van der Waals surface area contributed by atoms with E-state index in [9.17, 15) is 0 Å². The molecule has 2 aromatic heterocycles. The summed E-state index contributed by atoms with van der Waals surface area (Å²) in [5.74, 6) is 1.35. The van der Waals surface area contributed by atoms with Gasteiger partial charge in [0.2, 0.25) is 5.95 Å². The van der Waals surface area contributed by atoms with Crippen molar-refractivity contribution in [3.63, 3.8) is 0 Å². The van der Waals surface area contributed by atoms with Crippen LogP contribution in [0.1, 0.15) is 6.92 Å². The van der Waals surface area contributed by atoms with Crippen LogP contribution >= 0.6 is 0 Å². The minimum Gasteiger partial charge on any atom is -0.380 e. The number of pyridine rings is 1. The van der Waals surface area contributed by atoms with Crippen LogP contribution in [0.4, 0.5) is 11.8 Å². The normalized spacial score (nSPS) is 12.4. The van der Waals surface area contributed by atoms with Gasteiger partial charge in [-0.05, 0) is 19.1 Å². The fourth-order valence-corrected chi connectivity index (χ4v) is 1.46. The standard InChI is InChI=1S/C12H17N5O/c1-8(18-3)6-14-10-5-4-9-7-15-12(13-2)17-11(9)16-10/h4-5,7-8H,6H2,1-3H3,(H2,13,14,15,16,17). The molecule has 1 unspecified atom stereocenters. The molecule has 0 saturated carbocycles. The first-order valence-electron chi connectivity index (χ1n) is 5.81. The molecule has 0 aliphatic carbocycles. The van der Waals surface area contributed by atoms with Crippen LogP contribution in [0.15, 0.2) is 18.3 Å². The van der Waals surface area contributed by atoms with Crippen LogP contribution in [0.3, 0.4) is 0 Å². The minimum atomic E-state index is 0.140. The second kappa shape index (κ2) is 5.59. The second-order valence-electron chi connectivity index (χ2n) is 3.98. The van der Waals surface area contributed by atoms with E-state index in [0.29, 0.717) is 18.1 Å². The Balaban J connectivity index is 2.20. The first-order chi connectivity index (χ1) is 8.72. The van der Waals surface area contributed by atoms with E-state index >= 15 is 0 Å². The van der Waals surface area contributed by atoms with Crippen LogP contribution in [0, 0.1) is 0 Å². The highest BCUT2D eigenvalue weighted by Crippen LogP contribution is 2.13. The Morgan fingerprint density at radius 2 is 2.17 bits per heavy atom. The maximum absolute atomic E-state index is 5.17. The van der Waals surface area contributed by atoms with Crippen molar-refractivity contribution in [1.82, 2.24) is 15.0 Å². The molecule has 0 bridgehead atoms. The van der Waals surface area contributed by atoms with Gasteiger partial charge in [-0.1, -0.05) is 0 Å². The molecule has 18 heavy (non-hydrogen) atoms. The molecular formula is C12H17N5O. The minimum absolute atomic E-state index is 0.140. The average Bonchev–Trinajstić information content (AvgIpc) is 2.43. The van der Waals surface area contributed by atoms with E-state index in [1.165, 1.54) is 0 Å². The summed E-state index contributed by atoms with van der Waals surface area (Å²) >= 11 is 0. The third-order valence-electron chi connectivity index (χ3n) is 2.64. The van der Waals surface area contributed by atoms with E-state index in [4.69, 9.17) is 4.74 Å². The maximum atomic E-state index is 5.17. The quantitative estimate of drug-likeness (QED) is 0.834. The number of hydrogen-bond acceptors (Lipinski definition) is 6. The molecule has 0 aromatic carbocycles. The molecule has 96 valence electrons. The maximum Gasteiger partial charge on any atom is 0.224 e. The molecule has 0 amide bonds. The summed E-state index contributed by atoms with van der Waals surface area (Å²) in [6.07, 6.45) is 1.89. The van der Waals surface area contributed by atoms with E-state index in [-0.39, 0.29) is 6.10 Å². The topological polar surface area (TPSA) is 72.0 Å². The van der Waals surface area contributed by atoms with Crippen molar-refractivity contribution < 1.29 is 4.74 Å². The number of rotatable bonds is 5. The zero-order valence-corrected chi connectivity index (χ0v) is 10.8. The summed E-state index contributed by atoms with van der Waals surface area (Å²) in [5, 5.41) is 7.02. The molecule has 0 fully saturated rings. The third-order valence-corrected chi connectivity index (χ3v) is 2.64. The van der Waals surface area contributed by atoms with E-state index in [1.54, 1.807) is 20.4 Å². The third kappa shape index (κ3) is 2.84. The van der Waals surface area contributed by atoms with E-state index in [1.807, 2.05) is 19.1 Å². The number of nitrogens with one attached hydrogen (secondary N) is 2. The van der Waals surface area contributed by atoms with Gasteiger partial charge in [0, 0.05) is 32.3 Å². The number of nitrogens with zero attached hydrogens (tertiary/aromatic N) is 3. The molecule has 0 aliphatic heterocycles. The second-order valence-corrected chi connectivity index (χ2v) is 3.98. The Labute approximate surface area is 106 Å². The van der Waals surface area contributed by atoms with Gasteiger partial charge in [0.25, 0.3) is 0 Å². The van der Waals surface area contributed by atoms with Crippen LogP contribution in [0.2, 0.25) is 0 Å². The molecule has 0 radical (unpaired) electrons. The molecule has 2 heterocycles. The highest BCUT2D eigenvalue weighted by Gasteiger charge is 2.03. The number of hydrogen-bond donors (Lipinski definition) is 2. The first kappa shape index (κ1) is 12.5. The highest BCUT2D eigenvalue weighted by atomic mass is 16.5. The summed E-state index contributed by atoms with van der Waals surface area (Å²) < 4.78 is 5.17. The van der Waals surface area contributed by atoms with Gasteiger partial charge < -0.3 is 15.4 Å². The van der Waals surface area contributed by atoms with Crippen LogP contribution in [-0.4, -0.2) is 41.8 Å². The monoisotopic (exact) mass is 247 g/mol. The van der Waals surface area contributed by atoms with Gasteiger partial charge in [-0.25, -0.2) is 9.97 Å². The lowest BCUT2D eigenvalue weighted by atomic mass is 10.3. The number of fused-ring (bicyclic) bond motifs is 1. The predicted molar refractivity (Wildman–Crippen MR) is 71.8 cm³/mol. The SMILES string of the molecule is CNc1ncc2ccc(NCC(C)OC)nc2n1. The summed E-state index contributed by atoms with van der Waals surface area (Å²) in [6.45, 7) is 2.70. The van der Waals surface area contributed by atoms with E-state index in [0.717, 1.165) is 11.2 Å². The first-order valence-corrected chi connectivity index (χ1v) is 5.81. The van der Waals surface area contributed by atoms with Crippen molar-refractivity contribution in [2.24, 2.45) is 0 Å². The number of aromatic nitrogens is 3. The lowest BCUT2D eigenvalue weighted by Crippen LogP contribution is -2.18. The molecule has 6 nitrogen and oxygen atoms in total. The lowest BCUT2D eigenvalue weighted by molar-refractivity contribution is 0.128. The largest absolute Gasteiger partial charge is 0.380 e. The Morgan fingerprint density at radius 3 is 2.89 bits per heavy atom. The van der Waals surface area contributed by atoms with Crippen LogP contribution < -0.4 is 10.6 Å². The van der Waals surface area contributed by atoms with Gasteiger partial charge in [0.05, 0.1) is 6.10 Å². The van der Waals surface area contributed by atoms with Gasteiger partial charge in [-0.15, -0.1) is 0 Å². The lowest BCUT2D eigenvalue weighted by Gasteiger charge is -2.11. The number of methoxy groups -OCH3 is 1. The molecule has 1 atom stereocenters. The molecule has 2 N–H and O–H groups in total. The van der Waals surface area contributed by atoms with Crippen molar-refractivity contribution in [2.75, 3.05) is 31.3 Å². The molecule has 6 heteroatoms. The van der Waals surface area contributed by atoms with Gasteiger partial charge in [0.1, 0.15) is 5.82 Å². The fraction of sp³-hybridized carbons (Fsp3) is 0.417. The zero-order chi connectivity index (χ0) is 13.0. The summed E-state index contributed by atoms with van der Waals surface area (Å²) in [7, 11) is 3.47. The van der Waals surface area contributed by atoms with Gasteiger partial charge in [-0.3, -0.25) is 0 Å². The number of anilines is 2. The van der Waals surface area contributed by atoms with Crippen molar-refractivity contribution in [3.8, 4) is 0 Å². The Morgan fingerprint density at radius 1 is 1.33 bits per heavy atom. The number of ether oxygens (including phenoxy) is 1. The van der Waals surface area contributed by atoms with Gasteiger partial charge in [-0.2, -0.15) is 4.98 Å². The fourth-order valence-electron chi connectivity index (χ4n) is 1.46. The Hall–Kier alpha value is -1.95. The molecule has 2 rings (SSSR count). The van der Waals surface area contributed by atoms with Crippen molar-refractivity contribution in [2.45, 2.75) is 13.0 Å². The van der Waals surface area contributed by atoms with Crippen LogP contribution in [-0.2, 0) is 4.74 Å². The van der Waals surface area contributed by atoms with Crippen LogP contribution in [0.25, 0.3) is 11.0 Å². The molecule has 0 saturated heterocycles. The van der Waals surface area contributed by atoms with Crippen LogP contribution in [0.5, 0.6) is 0 Å². The molecule has 0 spiro atoms. The Bertz CT molecular complexity index is 531. The smallest absolute Gasteiger partial charge is 0.224 e. The van der Waals surface area contributed by atoms with Gasteiger partial charge in [0.15, 0.2) is 5.65 Å². The van der Waals surface area contributed by atoms with Gasteiger partial charge >= 0.3 is 0 Å². The molecular weight excluding hydrogens is 230 g/mol. The average molecular weight is 247 g/mol. The molecule has 2 aromatic rings. The summed E-state index contributed by atoms with van der Waals surface area (Å²) in [6, 6.07) is 3.86. The summed E-state index contributed by atoms with van der Waals surface area (Å²) in [4.78, 5) is 12.9. The Kier molecular flexibility index (Phi) is 3.88. The summed E-state index contributed by atoms with van der Waals surface area (Å²) in [5.41, 5.74) is 0.671. The molecule has 0 aliphatic rings. The van der Waals surface area contributed by atoms with Crippen molar-refractivity contribution in [1.29, 1.82) is 0 Å². The van der Waals surface area contributed by atoms with E-state index < -0.39 is 0 Å². The van der Waals surface area contributed by atoms with Crippen molar-refractivity contribution >= 4 is 22.8 Å². The highest BCUT2D eigenvalue weighted by molar-refractivity contribution is 5.76. The van der Waals surface area contributed by atoms with E-state index in [2.05, 4.69) is 25.6 Å². The zero-order valence-electron chi connectivity index (χ0n) is 10.8. The predicted octanol–water partition coefficient (Wildman–Crippen LogP) is 1.51.